The molecule has 5 nitrogen and oxygen atoms in total. The van der Waals surface area contributed by atoms with Gasteiger partial charge >= 0.3 is 5.97 Å². The van der Waals surface area contributed by atoms with Crippen molar-refractivity contribution in [2.24, 2.45) is 0 Å². The Balaban J connectivity index is 1.68. The van der Waals surface area contributed by atoms with Gasteiger partial charge in [0.15, 0.2) is 5.60 Å². The van der Waals surface area contributed by atoms with Crippen molar-refractivity contribution in [1.82, 2.24) is 0 Å². The molecule has 2 heterocycles. The average molecular weight is 430 g/mol. The zero-order valence-corrected chi connectivity index (χ0v) is 17.5. The second-order valence-corrected chi connectivity index (χ2v) is 8.53. The van der Waals surface area contributed by atoms with Gasteiger partial charge < -0.3 is 20.9 Å². The first-order valence-electron chi connectivity index (χ1n) is 10.7. The molecule has 2 aliphatic rings. The van der Waals surface area contributed by atoms with Crippen LogP contribution < -0.4 is 16.2 Å². The highest BCUT2D eigenvalue weighted by Crippen LogP contribution is 2.59. The molecule has 1 spiro atoms. The summed E-state index contributed by atoms with van der Waals surface area (Å²) in [4.78, 5) is 13.1. The second kappa shape index (κ2) is 6.04. The highest BCUT2D eigenvalue weighted by atomic mass is 16.6. The lowest BCUT2D eigenvalue weighted by Crippen LogP contribution is -2.33. The van der Waals surface area contributed by atoms with Crippen molar-refractivity contribution < 1.29 is 14.3 Å². The van der Waals surface area contributed by atoms with Crippen LogP contribution in [0.15, 0.2) is 84.9 Å². The molecule has 0 amide bonds. The van der Waals surface area contributed by atoms with Crippen molar-refractivity contribution in [3.63, 3.8) is 0 Å². The summed E-state index contributed by atoms with van der Waals surface area (Å²) in [6, 6.07) is 26.9. The Hall–Kier alpha value is -4.51. The van der Waals surface area contributed by atoms with Gasteiger partial charge in [-0.05, 0) is 53.2 Å². The molecule has 158 valence electrons. The van der Waals surface area contributed by atoms with Crippen LogP contribution in [0.2, 0.25) is 0 Å². The summed E-state index contributed by atoms with van der Waals surface area (Å²) in [5.41, 5.74) is 15.5. The van der Waals surface area contributed by atoms with E-state index in [0.29, 0.717) is 28.4 Å². The number of carbonyl (C=O) groups is 1. The topological polar surface area (TPSA) is 87.6 Å². The molecule has 33 heavy (non-hydrogen) atoms. The van der Waals surface area contributed by atoms with Crippen molar-refractivity contribution in [1.29, 1.82) is 0 Å². The van der Waals surface area contributed by atoms with Crippen molar-refractivity contribution in [3.8, 4) is 11.5 Å². The van der Waals surface area contributed by atoms with E-state index < -0.39 is 5.60 Å². The Labute approximate surface area is 189 Å². The third-order valence-corrected chi connectivity index (χ3v) is 6.76. The third kappa shape index (κ3) is 2.18. The second-order valence-electron chi connectivity index (χ2n) is 8.53. The number of rotatable bonds is 0. The van der Waals surface area contributed by atoms with E-state index in [9.17, 15) is 4.79 Å². The maximum absolute atomic E-state index is 13.1. The Bertz CT molecular complexity index is 1670. The molecule has 5 aromatic carbocycles. The third-order valence-electron chi connectivity index (χ3n) is 6.76. The van der Waals surface area contributed by atoms with Crippen molar-refractivity contribution >= 4 is 38.9 Å². The van der Waals surface area contributed by atoms with Gasteiger partial charge in [-0.15, -0.1) is 0 Å². The van der Waals surface area contributed by atoms with Crippen LogP contribution in [0.4, 0.5) is 11.4 Å². The maximum Gasteiger partial charge on any atom is 0.340 e. The molecule has 0 aromatic heterocycles. The van der Waals surface area contributed by atoms with Gasteiger partial charge in [-0.25, -0.2) is 4.79 Å². The molecule has 0 aliphatic carbocycles. The first-order valence-corrected chi connectivity index (χ1v) is 10.7. The van der Waals surface area contributed by atoms with E-state index >= 15 is 0 Å². The monoisotopic (exact) mass is 430 g/mol. The summed E-state index contributed by atoms with van der Waals surface area (Å²) in [6.07, 6.45) is 0. The molecule has 2 aliphatic heterocycles. The highest BCUT2D eigenvalue weighted by molar-refractivity contribution is 6.04. The lowest BCUT2D eigenvalue weighted by molar-refractivity contribution is 0.0226. The van der Waals surface area contributed by atoms with Crippen LogP contribution in [0.5, 0.6) is 11.5 Å². The van der Waals surface area contributed by atoms with E-state index in [4.69, 9.17) is 20.9 Å². The first kappa shape index (κ1) is 18.1. The minimum absolute atomic E-state index is 0.358. The van der Waals surface area contributed by atoms with Crippen molar-refractivity contribution in [2.75, 3.05) is 11.5 Å². The van der Waals surface area contributed by atoms with E-state index in [0.717, 1.165) is 38.2 Å². The number of hydrogen-bond acceptors (Lipinski definition) is 5. The standard InChI is InChI=1S/C28H18N2O3/c29-17-10-11-18-16(14-17)9-13-21-25(18)32-26-22(12-8-15-4-3-7-23(30)24(15)26)28(21)20-6-2-1-5-19(20)27(31)33-28/h1-14H,29-30H2. The van der Waals surface area contributed by atoms with Gasteiger partial charge in [0.25, 0.3) is 0 Å². The zero-order chi connectivity index (χ0) is 22.3. The van der Waals surface area contributed by atoms with Crippen LogP contribution in [0, 0.1) is 0 Å². The van der Waals surface area contributed by atoms with Crippen LogP contribution in [-0.2, 0) is 10.3 Å². The van der Waals surface area contributed by atoms with Gasteiger partial charge in [-0.1, -0.05) is 42.5 Å². The predicted octanol–water partition coefficient (Wildman–Crippen LogP) is 5.73. The van der Waals surface area contributed by atoms with E-state index in [1.807, 2.05) is 78.9 Å². The van der Waals surface area contributed by atoms with Crippen molar-refractivity contribution in [3.05, 3.63) is 107 Å². The minimum Gasteiger partial charge on any atom is -0.455 e. The quantitative estimate of drug-likeness (QED) is 0.242. The van der Waals surface area contributed by atoms with Gasteiger partial charge in [0.2, 0.25) is 0 Å². The number of hydrogen-bond donors (Lipinski definition) is 2. The number of fused-ring (bicyclic) bond motifs is 10. The lowest BCUT2D eigenvalue weighted by atomic mass is 9.76. The number of nitrogens with two attached hydrogens (primary N) is 2. The Kier molecular flexibility index (Phi) is 3.32. The predicted molar refractivity (Wildman–Crippen MR) is 129 cm³/mol. The fraction of sp³-hybridized carbons (Fsp3) is 0.0357. The Morgan fingerprint density at radius 3 is 2.36 bits per heavy atom. The van der Waals surface area contributed by atoms with Crippen LogP contribution >= 0.6 is 0 Å². The molecule has 1 unspecified atom stereocenters. The molecule has 7 rings (SSSR count). The Morgan fingerprint density at radius 1 is 0.697 bits per heavy atom. The molecule has 0 saturated heterocycles. The largest absolute Gasteiger partial charge is 0.455 e. The summed E-state index contributed by atoms with van der Waals surface area (Å²) in [5.74, 6) is 0.884. The van der Waals surface area contributed by atoms with E-state index in [-0.39, 0.29) is 5.97 Å². The fourth-order valence-electron chi connectivity index (χ4n) is 5.33. The molecule has 0 saturated carbocycles. The number of benzene rings is 5. The minimum atomic E-state index is -1.14. The van der Waals surface area contributed by atoms with Crippen LogP contribution in [0.25, 0.3) is 21.5 Å². The van der Waals surface area contributed by atoms with Crippen LogP contribution in [-0.4, -0.2) is 5.97 Å². The van der Waals surface area contributed by atoms with E-state index in [1.54, 1.807) is 6.07 Å². The molecule has 5 aromatic rings. The zero-order valence-electron chi connectivity index (χ0n) is 17.5. The molecule has 0 fully saturated rings. The first-order chi connectivity index (χ1) is 16.1. The number of nitrogen functional groups attached to an aromatic ring is 2. The molecule has 0 radical (unpaired) electrons. The Morgan fingerprint density at radius 2 is 1.48 bits per heavy atom. The van der Waals surface area contributed by atoms with Gasteiger partial charge in [0.1, 0.15) is 11.5 Å². The molecule has 0 bridgehead atoms. The normalized spacial score (nSPS) is 18.0. The summed E-state index contributed by atoms with van der Waals surface area (Å²) in [6.45, 7) is 0. The number of esters is 1. The van der Waals surface area contributed by atoms with Gasteiger partial charge in [-0.2, -0.15) is 0 Å². The number of carbonyl (C=O) groups excluding carboxylic acids is 1. The van der Waals surface area contributed by atoms with E-state index in [2.05, 4.69) is 0 Å². The molecule has 5 heteroatoms. The van der Waals surface area contributed by atoms with Crippen LogP contribution in [0.3, 0.4) is 0 Å². The van der Waals surface area contributed by atoms with Crippen LogP contribution in [0.1, 0.15) is 27.0 Å². The SMILES string of the molecule is Nc1ccc2c3c(ccc2c1)C1(OC(=O)c2ccccc21)c1ccc2cccc(N)c2c1O3. The number of anilines is 2. The summed E-state index contributed by atoms with van der Waals surface area (Å²) in [7, 11) is 0. The van der Waals surface area contributed by atoms with Crippen molar-refractivity contribution in [2.45, 2.75) is 5.60 Å². The molecule has 4 N–H and O–H groups in total. The summed E-state index contributed by atoms with van der Waals surface area (Å²) < 4.78 is 12.9. The summed E-state index contributed by atoms with van der Waals surface area (Å²) >= 11 is 0. The van der Waals surface area contributed by atoms with Gasteiger partial charge in [0, 0.05) is 38.8 Å². The summed E-state index contributed by atoms with van der Waals surface area (Å²) in [5, 5.41) is 3.58. The smallest absolute Gasteiger partial charge is 0.340 e. The maximum atomic E-state index is 13.1. The highest BCUT2D eigenvalue weighted by Gasteiger charge is 2.54. The average Bonchev–Trinajstić information content (AvgIpc) is 3.12. The van der Waals surface area contributed by atoms with E-state index in [1.165, 1.54) is 0 Å². The number of ether oxygens (including phenoxy) is 2. The van der Waals surface area contributed by atoms with Gasteiger partial charge in [-0.3, -0.25) is 0 Å². The van der Waals surface area contributed by atoms with Gasteiger partial charge in [0.05, 0.1) is 5.56 Å². The molecular formula is C28H18N2O3. The fourth-order valence-corrected chi connectivity index (χ4v) is 5.33. The molecule has 1 atom stereocenters. The lowest BCUT2D eigenvalue weighted by Gasteiger charge is -2.37. The molecular weight excluding hydrogens is 412 g/mol.